The molecule has 2 aromatic carbocycles. The second kappa shape index (κ2) is 8.89. The van der Waals surface area contributed by atoms with Gasteiger partial charge in [-0.05, 0) is 57.0 Å². The van der Waals surface area contributed by atoms with E-state index >= 15 is 0 Å². The first-order valence-electron chi connectivity index (χ1n) is 9.80. The molecule has 176 valence electrons. The van der Waals surface area contributed by atoms with E-state index in [1.807, 2.05) is 0 Å². The van der Waals surface area contributed by atoms with Crippen molar-refractivity contribution >= 4 is 27.4 Å². The van der Waals surface area contributed by atoms with Gasteiger partial charge >= 0.3 is 6.18 Å². The minimum absolute atomic E-state index is 0.0570. The molecule has 0 aliphatic rings. The van der Waals surface area contributed by atoms with Crippen molar-refractivity contribution in [1.82, 2.24) is 5.16 Å². The second-order valence-corrected chi connectivity index (χ2v) is 9.46. The average Bonchev–Trinajstić information content (AvgIpc) is 3.09. The number of nitrogens with one attached hydrogen (secondary N) is 1. The minimum Gasteiger partial charge on any atom is -0.360 e. The summed E-state index contributed by atoms with van der Waals surface area (Å²) in [7, 11) is -4.42. The topological polar surface area (TPSA) is 92.5 Å². The zero-order chi connectivity index (χ0) is 24.6. The Morgan fingerprint density at radius 1 is 1.06 bits per heavy atom. The molecule has 0 unspecified atom stereocenters. The lowest BCUT2D eigenvalue weighted by molar-refractivity contribution is -0.137. The van der Waals surface area contributed by atoms with Gasteiger partial charge in [-0.2, -0.15) is 13.2 Å². The molecule has 0 saturated heterocycles. The maximum absolute atomic E-state index is 13.7. The van der Waals surface area contributed by atoms with E-state index in [4.69, 9.17) is 4.52 Å². The Morgan fingerprint density at radius 3 is 2.24 bits per heavy atom. The van der Waals surface area contributed by atoms with Crippen LogP contribution in [0.2, 0.25) is 0 Å². The summed E-state index contributed by atoms with van der Waals surface area (Å²) in [5, 5.41) is 6.01. The van der Waals surface area contributed by atoms with Crippen LogP contribution in [0.1, 0.15) is 28.0 Å². The van der Waals surface area contributed by atoms with Crippen LogP contribution < -0.4 is 9.62 Å². The van der Waals surface area contributed by atoms with Crippen molar-refractivity contribution in [3.8, 4) is 0 Å². The van der Waals surface area contributed by atoms with Gasteiger partial charge in [0.05, 0.1) is 16.1 Å². The van der Waals surface area contributed by atoms with Gasteiger partial charge in [0.1, 0.15) is 12.3 Å². The van der Waals surface area contributed by atoms with Crippen molar-refractivity contribution in [2.24, 2.45) is 0 Å². The predicted molar refractivity (Wildman–Crippen MR) is 116 cm³/mol. The fourth-order valence-corrected chi connectivity index (χ4v) is 5.40. The monoisotopic (exact) mass is 481 g/mol. The molecule has 0 bridgehead atoms. The first-order valence-corrected chi connectivity index (χ1v) is 11.2. The summed E-state index contributed by atoms with van der Waals surface area (Å²) in [6, 6.07) is 8.56. The van der Waals surface area contributed by atoms with Crippen molar-refractivity contribution in [3.05, 3.63) is 70.5 Å². The molecule has 3 aromatic rings. The third-order valence-electron chi connectivity index (χ3n) is 4.80. The highest BCUT2D eigenvalue weighted by molar-refractivity contribution is 7.93. The Kier molecular flexibility index (Phi) is 6.55. The number of alkyl halides is 3. The number of hydrogen-bond donors (Lipinski definition) is 1. The number of halogens is 3. The van der Waals surface area contributed by atoms with Crippen molar-refractivity contribution < 1.29 is 30.9 Å². The van der Waals surface area contributed by atoms with Crippen molar-refractivity contribution in [2.75, 3.05) is 16.2 Å². The third-order valence-corrected chi connectivity index (χ3v) is 6.88. The summed E-state index contributed by atoms with van der Waals surface area (Å²) in [6.07, 6.45) is -4.69. The lowest BCUT2D eigenvalue weighted by Gasteiger charge is -2.26. The molecule has 1 heterocycles. The number of anilines is 2. The number of carbonyl (C=O) groups is 1. The fourth-order valence-electron chi connectivity index (χ4n) is 3.57. The summed E-state index contributed by atoms with van der Waals surface area (Å²) in [5.41, 5.74) is 0.323. The van der Waals surface area contributed by atoms with Crippen LogP contribution >= 0.6 is 0 Å². The molecule has 1 aromatic heterocycles. The molecular formula is C22H22F3N3O4S. The van der Waals surface area contributed by atoms with Gasteiger partial charge < -0.3 is 9.84 Å². The molecule has 11 heteroatoms. The molecule has 0 spiro atoms. The van der Waals surface area contributed by atoms with E-state index in [0.717, 1.165) is 17.7 Å². The first kappa shape index (κ1) is 24.3. The van der Waals surface area contributed by atoms with Crippen LogP contribution in [0.5, 0.6) is 0 Å². The number of hydrogen-bond acceptors (Lipinski definition) is 5. The molecule has 0 radical (unpaired) electrons. The summed E-state index contributed by atoms with van der Waals surface area (Å²) < 4.78 is 72.8. The minimum atomic E-state index is -4.69. The normalized spacial score (nSPS) is 12.0. The van der Waals surface area contributed by atoms with Gasteiger partial charge in [0.2, 0.25) is 5.91 Å². The van der Waals surface area contributed by atoms with E-state index in [0.29, 0.717) is 27.3 Å². The summed E-state index contributed by atoms with van der Waals surface area (Å²) in [4.78, 5) is 12.6. The summed E-state index contributed by atoms with van der Waals surface area (Å²) >= 11 is 0. The number of aromatic nitrogens is 1. The number of carbonyl (C=O) groups excluding carboxylic acids is 1. The van der Waals surface area contributed by atoms with E-state index in [1.165, 1.54) is 12.1 Å². The van der Waals surface area contributed by atoms with E-state index in [1.54, 1.807) is 39.8 Å². The van der Waals surface area contributed by atoms with Crippen LogP contribution in [0.25, 0.3) is 0 Å². The van der Waals surface area contributed by atoms with E-state index < -0.39 is 34.2 Å². The molecule has 0 fully saturated rings. The molecule has 0 aliphatic heterocycles. The van der Waals surface area contributed by atoms with Crippen LogP contribution in [-0.4, -0.2) is 26.0 Å². The Hall–Kier alpha value is -3.34. The van der Waals surface area contributed by atoms with Gasteiger partial charge in [-0.25, -0.2) is 8.42 Å². The lowest BCUT2D eigenvalue weighted by atomic mass is 10.1. The quantitative estimate of drug-likeness (QED) is 0.548. The molecule has 33 heavy (non-hydrogen) atoms. The van der Waals surface area contributed by atoms with Gasteiger partial charge in [-0.15, -0.1) is 0 Å². The number of aryl methyl sites for hydroxylation is 4. The van der Waals surface area contributed by atoms with Gasteiger partial charge in [0, 0.05) is 6.07 Å². The highest BCUT2D eigenvalue weighted by atomic mass is 32.2. The van der Waals surface area contributed by atoms with Gasteiger partial charge in [-0.3, -0.25) is 9.10 Å². The Bertz CT molecular complexity index is 1280. The van der Waals surface area contributed by atoms with E-state index in [9.17, 15) is 26.4 Å². The highest BCUT2D eigenvalue weighted by Crippen LogP contribution is 2.34. The number of nitrogens with zero attached hydrogens (tertiary/aromatic N) is 2. The Balaban J connectivity index is 2.10. The van der Waals surface area contributed by atoms with Gasteiger partial charge in [-0.1, -0.05) is 28.9 Å². The van der Waals surface area contributed by atoms with Gasteiger partial charge in [0.15, 0.2) is 5.82 Å². The predicted octanol–water partition coefficient (Wildman–Crippen LogP) is 4.76. The van der Waals surface area contributed by atoms with Crippen molar-refractivity contribution in [1.29, 1.82) is 0 Å². The fraction of sp³-hybridized carbons (Fsp3) is 0.273. The number of rotatable bonds is 6. The van der Waals surface area contributed by atoms with E-state index in [-0.39, 0.29) is 16.4 Å². The zero-order valence-electron chi connectivity index (χ0n) is 18.3. The molecule has 3 rings (SSSR count). The average molecular weight is 481 g/mol. The SMILES string of the molecule is Cc1cc(C)c(S(=O)(=O)N(CC(=O)Nc2cc(C)on2)c2cccc(C(F)(F)F)c2)c(C)c1. The summed E-state index contributed by atoms with van der Waals surface area (Å²) in [5.74, 6) is -0.327. The number of amides is 1. The number of benzene rings is 2. The largest absolute Gasteiger partial charge is 0.416 e. The Morgan fingerprint density at radius 2 is 1.70 bits per heavy atom. The maximum Gasteiger partial charge on any atom is 0.416 e. The lowest BCUT2D eigenvalue weighted by Crippen LogP contribution is -2.39. The van der Waals surface area contributed by atoms with Crippen LogP contribution in [0.3, 0.4) is 0 Å². The van der Waals surface area contributed by atoms with Crippen LogP contribution in [0.4, 0.5) is 24.7 Å². The molecule has 0 saturated carbocycles. The maximum atomic E-state index is 13.7. The zero-order valence-corrected chi connectivity index (χ0v) is 19.1. The second-order valence-electron chi connectivity index (χ2n) is 7.66. The van der Waals surface area contributed by atoms with Crippen LogP contribution in [0.15, 0.2) is 51.9 Å². The molecule has 7 nitrogen and oxygen atoms in total. The van der Waals surface area contributed by atoms with Crippen LogP contribution in [0, 0.1) is 27.7 Å². The highest BCUT2D eigenvalue weighted by Gasteiger charge is 2.34. The standard InChI is InChI=1S/C22H22F3N3O4S/c1-13-8-14(2)21(15(3)9-13)33(30,31)28(12-20(29)26-19-10-16(4)32-27-19)18-7-5-6-17(11-18)22(23,24)25/h5-11H,12H2,1-4H3,(H,26,27,29). The van der Waals surface area contributed by atoms with Crippen molar-refractivity contribution in [3.63, 3.8) is 0 Å². The molecule has 1 amide bonds. The molecular weight excluding hydrogens is 459 g/mol. The summed E-state index contributed by atoms with van der Waals surface area (Å²) in [6.45, 7) is 5.81. The first-order chi connectivity index (χ1) is 15.3. The van der Waals surface area contributed by atoms with Crippen LogP contribution in [-0.2, 0) is 21.0 Å². The van der Waals surface area contributed by atoms with Crippen molar-refractivity contribution in [2.45, 2.75) is 38.8 Å². The van der Waals surface area contributed by atoms with Gasteiger partial charge in [0.25, 0.3) is 10.0 Å². The molecule has 0 aliphatic carbocycles. The smallest absolute Gasteiger partial charge is 0.360 e. The number of sulfonamides is 1. The third kappa shape index (κ3) is 5.36. The molecule has 0 atom stereocenters. The Labute approximate surface area is 189 Å². The molecule has 1 N–H and O–H groups in total. The van der Waals surface area contributed by atoms with E-state index in [2.05, 4.69) is 10.5 Å².